The van der Waals surface area contributed by atoms with Crippen molar-refractivity contribution < 1.29 is 79.0 Å². The summed E-state index contributed by atoms with van der Waals surface area (Å²) in [5, 5.41) is 11.7. The fraction of sp³-hybridized carbons (Fsp3) is 0.109. The summed E-state index contributed by atoms with van der Waals surface area (Å²) < 4.78 is 262. The number of halogens is 18. The first kappa shape index (κ1) is 51.1. The van der Waals surface area contributed by atoms with Gasteiger partial charge in [0.25, 0.3) is 0 Å². The van der Waals surface area contributed by atoms with Crippen molar-refractivity contribution in [3.05, 3.63) is 191 Å². The second kappa shape index (κ2) is 17.3. The number of fused-ring (bicyclic) bond motifs is 6. The molecule has 76 heavy (non-hydrogen) atoms. The highest BCUT2D eigenvalue weighted by molar-refractivity contribution is 6.13. The maximum absolute atomic E-state index is 14.9. The third kappa shape index (κ3) is 9.08. The van der Waals surface area contributed by atoms with E-state index in [1.807, 2.05) is 6.07 Å². The highest BCUT2D eigenvalue weighted by Crippen LogP contribution is 2.48. The molecule has 386 valence electrons. The molecular formula is C55H25F18N3. The van der Waals surface area contributed by atoms with Crippen molar-refractivity contribution in [2.75, 3.05) is 0 Å². The van der Waals surface area contributed by atoms with Crippen LogP contribution in [0.15, 0.2) is 152 Å². The van der Waals surface area contributed by atoms with Crippen LogP contribution in [0.25, 0.3) is 88.4 Å². The number of alkyl halides is 18. The van der Waals surface area contributed by atoms with Gasteiger partial charge in [0.1, 0.15) is 0 Å². The molecule has 0 saturated heterocycles. The smallest absolute Gasteiger partial charge is 0.308 e. The van der Waals surface area contributed by atoms with E-state index >= 15 is 0 Å². The first-order chi connectivity index (χ1) is 35.4. The van der Waals surface area contributed by atoms with Crippen LogP contribution in [0.1, 0.15) is 38.9 Å². The van der Waals surface area contributed by atoms with E-state index in [-0.39, 0.29) is 79.1 Å². The van der Waals surface area contributed by atoms with E-state index in [1.165, 1.54) is 81.9 Å². The summed E-state index contributed by atoms with van der Waals surface area (Å²) in [6.45, 7) is 0. The van der Waals surface area contributed by atoms with Crippen LogP contribution in [-0.4, -0.2) is 9.13 Å². The van der Waals surface area contributed by atoms with Gasteiger partial charge in [0.05, 0.1) is 78.5 Å². The number of para-hydroxylation sites is 2. The molecule has 0 unspecified atom stereocenters. The quantitative estimate of drug-likeness (QED) is 0.158. The number of nitrogens with zero attached hydrogens (tertiary/aromatic N) is 3. The van der Waals surface area contributed by atoms with Crippen molar-refractivity contribution in [1.82, 2.24) is 9.13 Å². The third-order valence-electron chi connectivity index (χ3n) is 12.8. The second-order valence-corrected chi connectivity index (χ2v) is 17.6. The van der Waals surface area contributed by atoms with Gasteiger partial charge >= 0.3 is 37.1 Å². The molecule has 0 saturated carbocycles. The van der Waals surface area contributed by atoms with Gasteiger partial charge in [-0.05, 0) is 119 Å². The summed E-state index contributed by atoms with van der Waals surface area (Å²) in [4.78, 5) is 0. The third-order valence-corrected chi connectivity index (χ3v) is 12.8. The molecule has 3 nitrogen and oxygen atoms in total. The summed E-state index contributed by atoms with van der Waals surface area (Å²) in [7, 11) is 0. The topological polar surface area (TPSA) is 33.6 Å². The van der Waals surface area contributed by atoms with Crippen LogP contribution in [0, 0.1) is 11.3 Å². The molecule has 2 heterocycles. The predicted molar refractivity (Wildman–Crippen MR) is 246 cm³/mol. The lowest BCUT2D eigenvalue weighted by atomic mass is 9.94. The van der Waals surface area contributed by atoms with E-state index in [0.717, 1.165) is 24.3 Å². The normalized spacial score (nSPS) is 13.1. The van der Waals surface area contributed by atoms with Crippen LogP contribution >= 0.6 is 0 Å². The van der Waals surface area contributed by atoms with Crippen molar-refractivity contribution in [1.29, 1.82) is 5.26 Å². The molecule has 0 N–H and O–H groups in total. The highest BCUT2D eigenvalue weighted by Gasteiger charge is 2.40. The van der Waals surface area contributed by atoms with Crippen molar-refractivity contribution in [3.8, 4) is 50.8 Å². The number of benzene rings is 8. The molecular weight excluding hydrogens is 1040 g/mol. The Bertz CT molecular complexity index is 3730. The van der Waals surface area contributed by atoms with Crippen LogP contribution in [0.3, 0.4) is 0 Å². The van der Waals surface area contributed by atoms with Gasteiger partial charge in [0.2, 0.25) is 0 Å². The lowest BCUT2D eigenvalue weighted by Gasteiger charge is -2.23. The number of aromatic nitrogens is 2. The minimum atomic E-state index is -5.47. The molecule has 8 aromatic carbocycles. The molecule has 0 amide bonds. The molecule has 0 atom stereocenters. The molecule has 0 bridgehead atoms. The van der Waals surface area contributed by atoms with Crippen LogP contribution < -0.4 is 0 Å². The van der Waals surface area contributed by atoms with Gasteiger partial charge in [-0.2, -0.15) is 84.3 Å². The van der Waals surface area contributed by atoms with Crippen LogP contribution in [0.4, 0.5) is 79.0 Å². The zero-order valence-corrected chi connectivity index (χ0v) is 37.6. The molecule has 0 aliphatic carbocycles. The first-order valence-corrected chi connectivity index (χ1v) is 21.9. The average Bonchev–Trinajstić information content (AvgIpc) is 3.88. The maximum Gasteiger partial charge on any atom is 0.416 e. The number of hydrogen-bond acceptors (Lipinski definition) is 1. The Hall–Kier alpha value is -8.41. The Morgan fingerprint density at radius 1 is 0.289 bits per heavy atom. The van der Waals surface area contributed by atoms with E-state index in [2.05, 4.69) is 0 Å². The summed E-state index contributed by atoms with van der Waals surface area (Å²) in [6.07, 6.45) is -32.1. The van der Waals surface area contributed by atoms with Crippen LogP contribution in [0.2, 0.25) is 0 Å². The fourth-order valence-corrected chi connectivity index (χ4v) is 9.49. The molecule has 0 spiro atoms. The highest BCUT2D eigenvalue weighted by atomic mass is 19.4. The number of rotatable bonds is 5. The molecule has 10 aromatic rings. The summed E-state index contributed by atoms with van der Waals surface area (Å²) in [5.74, 6) is 0. The predicted octanol–water partition coefficient (Wildman–Crippen LogP) is 18.9. The van der Waals surface area contributed by atoms with E-state index in [1.54, 1.807) is 0 Å². The zero-order valence-electron chi connectivity index (χ0n) is 37.6. The van der Waals surface area contributed by atoms with Crippen molar-refractivity contribution in [2.24, 2.45) is 0 Å². The minimum Gasteiger partial charge on any atom is -0.308 e. The van der Waals surface area contributed by atoms with Gasteiger partial charge in [0.15, 0.2) is 0 Å². The van der Waals surface area contributed by atoms with E-state index in [0.29, 0.717) is 47.2 Å². The average molecular weight is 1070 g/mol. The Morgan fingerprint density at radius 3 is 0.882 bits per heavy atom. The van der Waals surface area contributed by atoms with Gasteiger partial charge in [0, 0.05) is 27.1 Å². The summed E-state index contributed by atoms with van der Waals surface area (Å²) >= 11 is 0. The standard InChI is InChI=1S/C55H25F18N3/c56-50(57,58)33-15-30(16-34(23-33)51(59,60)61)28-9-11-41-39-5-1-3-7-43(39)75(45(41)21-28)47-13-27(26-74)14-48(49(47)32-19-37(54(68,69)70)25-38(20-32)55(71,72)73)76-44-8-4-2-6-40(44)42-12-10-29(22-46(42)76)31-17-35(52(62,63)64)24-36(18-31)53(65,66)67/h1-25H. The molecule has 21 heteroatoms. The molecule has 10 rings (SSSR count). The van der Waals surface area contributed by atoms with E-state index in [9.17, 15) is 84.3 Å². The van der Waals surface area contributed by atoms with Gasteiger partial charge in [-0.15, -0.1) is 0 Å². The first-order valence-electron chi connectivity index (χ1n) is 21.9. The lowest BCUT2D eigenvalue weighted by Crippen LogP contribution is -2.12. The summed E-state index contributed by atoms with van der Waals surface area (Å²) in [5.41, 5.74) is -14.5. The fourth-order valence-electron chi connectivity index (χ4n) is 9.49. The number of nitriles is 1. The monoisotopic (exact) mass is 1070 g/mol. The van der Waals surface area contributed by atoms with Crippen molar-refractivity contribution in [2.45, 2.75) is 37.1 Å². The second-order valence-electron chi connectivity index (χ2n) is 17.6. The van der Waals surface area contributed by atoms with Crippen LogP contribution in [0.5, 0.6) is 0 Å². The van der Waals surface area contributed by atoms with Crippen molar-refractivity contribution in [3.63, 3.8) is 0 Å². The maximum atomic E-state index is 14.9. The Morgan fingerprint density at radius 2 is 0.579 bits per heavy atom. The molecule has 0 radical (unpaired) electrons. The molecule has 2 aromatic heterocycles. The van der Waals surface area contributed by atoms with E-state index < -0.39 is 92.7 Å². The Balaban J connectivity index is 1.38. The van der Waals surface area contributed by atoms with E-state index in [4.69, 9.17) is 0 Å². The van der Waals surface area contributed by atoms with Gasteiger partial charge in [-0.1, -0.05) is 60.7 Å². The Kier molecular flexibility index (Phi) is 11.6. The largest absolute Gasteiger partial charge is 0.416 e. The SMILES string of the molecule is N#Cc1cc(-n2c3ccccc3c3ccc(-c4cc(C(F)(F)F)cc(C(F)(F)F)c4)cc32)c(-c2cc(C(F)(F)F)cc(C(F)(F)F)c2)c(-n2c3ccccc3c3ccc(-c4cc(C(F)(F)F)cc(C(F)(F)F)c4)cc32)c1. The van der Waals surface area contributed by atoms with Gasteiger partial charge in [-0.25, -0.2) is 0 Å². The van der Waals surface area contributed by atoms with Gasteiger partial charge in [-0.3, -0.25) is 0 Å². The lowest BCUT2D eigenvalue weighted by molar-refractivity contribution is -0.144. The number of hydrogen-bond donors (Lipinski definition) is 0. The molecule has 0 fully saturated rings. The Labute approximate surface area is 414 Å². The van der Waals surface area contributed by atoms with Gasteiger partial charge < -0.3 is 9.13 Å². The van der Waals surface area contributed by atoms with Crippen molar-refractivity contribution >= 4 is 43.6 Å². The zero-order chi connectivity index (χ0) is 54.8. The minimum absolute atomic E-state index is 0.0931. The molecule has 0 aliphatic rings. The van der Waals surface area contributed by atoms with Crippen LogP contribution in [-0.2, 0) is 37.1 Å². The summed E-state index contributed by atoms with van der Waals surface area (Å²) in [6, 6.07) is 25.5. The molecule has 0 aliphatic heterocycles.